The molecule has 0 aliphatic carbocycles. The molecule has 43 heavy (non-hydrogen) atoms. The Labute approximate surface area is 247 Å². The van der Waals surface area contributed by atoms with Gasteiger partial charge in [-0.1, -0.05) is 36.4 Å². The molecule has 0 aliphatic heterocycles. The lowest BCUT2D eigenvalue weighted by atomic mass is 10.0. The van der Waals surface area contributed by atoms with Gasteiger partial charge in [-0.25, -0.2) is 14.5 Å². The smallest absolute Gasteiger partial charge is 0.339 e. The molecule has 0 saturated carbocycles. The number of nitrogens with zero attached hydrogens (tertiary/aromatic N) is 3. The van der Waals surface area contributed by atoms with E-state index in [0.29, 0.717) is 50.8 Å². The SMILES string of the molecule is COc1cc(-c2cc(C(=O)OCC(=O)Nc3c(C)n(C)n(-c4ccccc4)c3=O)c3ccccc3n2)cc(OC)c1OC. The Morgan fingerprint density at radius 2 is 1.53 bits per heavy atom. The maximum absolute atomic E-state index is 13.4. The number of aromatic nitrogens is 3. The van der Waals surface area contributed by atoms with Gasteiger partial charge in [-0.3, -0.25) is 14.3 Å². The molecule has 5 rings (SSSR count). The number of anilines is 1. The molecule has 5 aromatic rings. The number of benzene rings is 3. The van der Waals surface area contributed by atoms with Gasteiger partial charge in [0, 0.05) is 18.0 Å². The van der Waals surface area contributed by atoms with Crippen molar-refractivity contribution in [3.05, 3.63) is 94.4 Å². The maximum atomic E-state index is 13.4. The lowest BCUT2D eigenvalue weighted by Crippen LogP contribution is -2.26. The van der Waals surface area contributed by atoms with Crippen molar-refractivity contribution in [1.82, 2.24) is 14.3 Å². The van der Waals surface area contributed by atoms with E-state index >= 15 is 0 Å². The Hall–Kier alpha value is -5.58. The van der Waals surface area contributed by atoms with Crippen molar-refractivity contribution in [2.45, 2.75) is 6.92 Å². The van der Waals surface area contributed by atoms with E-state index in [-0.39, 0.29) is 11.3 Å². The highest BCUT2D eigenvalue weighted by molar-refractivity contribution is 6.05. The lowest BCUT2D eigenvalue weighted by molar-refractivity contribution is -0.119. The number of nitrogens with one attached hydrogen (secondary N) is 1. The van der Waals surface area contributed by atoms with Gasteiger partial charge in [-0.2, -0.15) is 0 Å². The largest absolute Gasteiger partial charge is 0.493 e. The highest BCUT2D eigenvalue weighted by Gasteiger charge is 2.21. The number of hydrogen-bond acceptors (Lipinski definition) is 8. The zero-order chi connectivity index (χ0) is 30.7. The van der Waals surface area contributed by atoms with Crippen LogP contribution in [-0.2, 0) is 16.6 Å². The van der Waals surface area contributed by atoms with Crippen molar-refractivity contribution >= 4 is 28.5 Å². The molecule has 1 amide bonds. The second kappa shape index (κ2) is 12.1. The minimum absolute atomic E-state index is 0.103. The van der Waals surface area contributed by atoms with Crippen molar-refractivity contribution in [2.75, 3.05) is 33.3 Å². The molecule has 0 atom stereocenters. The van der Waals surface area contributed by atoms with Crippen LogP contribution in [0, 0.1) is 6.92 Å². The Morgan fingerprint density at radius 3 is 2.19 bits per heavy atom. The molecular formula is C32H30N4O7. The van der Waals surface area contributed by atoms with Crippen LogP contribution < -0.4 is 25.1 Å². The summed E-state index contributed by atoms with van der Waals surface area (Å²) in [5.41, 5.74) is 2.72. The predicted molar refractivity (Wildman–Crippen MR) is 161 cm³/mol. The summed E-state index contributed by atoms with van der Waals surface area (Å²) in [5, 5.41) is 3.15. The number of carbonyl (C=O) groups is 2. The second-order valence-corrected chi connectivity index (χ2v) is 9.55. The number of methoxy groups -OCH3 is 3. The van der Waals surface area contributed by atoms with Gasteiger partial charge in [0.15, 0.2) is 18.1 Å². The number of pyridine rings is 1. The molecule has 0 fully saturated rings. The highest BCUT2D eigenvalue weighted by atomic mass is 16.5. The van der Waals surface area contributed by atoms with E-state index in [1.54, 1.807) is 73.3 Å². The number of ether oxygens (including phenoxy) is 4. The molecule has 3 aromatic carbocycles. The Balaban J connectivity index is 1.41. The van der Waals surface area contributed by atoms with Crippen molar-refractivity contribution in [1.29, 1.82) is 0 Å². The van der Waals surface area contributed by atoms with Gasteiger partial charge >= 0.3 is 5.97 Å². The van der Waals surface area contributed by atoms with Gasteiger partial charge in [-0.05, 0) is 43.3 Å². The average molecular weight is 583 g/mol. The first-order valence-electron chi connectivity index (χ1n) is 13.3. The summed E-state index contributed by atoms with van der Waals surface area (Å²) < 4.78 is 24.9. The molecule has 0 spiro atoms. The third kappa shape index (κ3) is 5.52. The predicted octanol–water partition coefficient (Wildman–Crippen LogP) is 4.52. The Kier molecular flexibility index (Phi) is 8.15. The number of amides is 1. The fourth-order valence-corrected chi connectivity index (χ4v) is 4.82. The zero-order valence-electron chi connectivity index (χ0n) is 24.3. The van der Waals surface area contributed by atoms with E-state index in [1.807, 2.05) is 18.2 Å². The topological polar surface area (TPSA) is 123 Å². The fourth-order valence-electron chi connectivity index (χ4n) is 4.82. The fraction of sp³-hybridized carbons (Fsp3) is 0.188. The molecule has 11 heteroatoms. The van der Waals surface area contributed by atoms with Crippen LogP contribution in [-0.4, -0.2) is 54.2 Å². The van der Waals surface area contributed by atoms with Gasteiger partial charge in [0.25, 0.3) is 11.5 Å². The number of rotatable bonds is 9. The molecule has 220 valence electrons. The number of hydrogen-bond donors (Lipinski definition) is 1. The monoisotopic (exact) mass is 582 g/mol. The molecule has 1 N–H and O–H groups in total. The molecule has 0 bridgehead atoms. The summed E-state index contributed by atoms with van der Waals surface area (Å²) in [4.78, 5) is 44.1. The van der Waals surface area contributed by atoms with Gasteiger partial charge in [-0.15, -0.1) is 0 Å². The van der Waals surface area contributed by atoms with Crippen LogP contribution in [0.5, 0.6) is 17.2 Å². The summed E-state index contributed by atoms with van der Waals surface area (Å²) in [6.45, 7) is 1.12. The zero-order valence-corrected chi connectivity index (χ0v) is 24.3. The van der Waals surface area contributed by atoms with Gasteiger partial charge < -0.3 is 24.3 Å². The third-order valence-electron chi connectivity index (χ3n) is 7.05. The van der Waals surface area contributed by atoms with Crippen LogP contribution in [0.3, 0.4) is 0 Å². The van der Waals surface area contributed by atoms with E-state index in [1.165, 1.54) is 26.0 Å². The van der Waals surface area contributed by atoms with Crippen molar-refractivity contribution in [3.63, 3.8) is 0 Å². The minimum Gasteiger partial charge on any atom is -0.493 e. The molecule has 2 aromatic heterocycles. The standard InChI is InChI=1S/C32H30N4O7/c1-19-29(31(38)36(35(19)2)21-11-7-6-8-12-21)34-28(37)18-43-32(39)23-17-25(33-24-14-10-9-13-22(23)24)20-15-26(40-3)30(42-5)27(16-20)41-4/h6-17H,18H2,1-5H3,(H,34,37). The number of para-hydroxylation sites is 2. The minimum atomic E-state index is -0.728. The van der Waals surface area contributed by atoms with Crippen molar-refractivity contribution in [2.24, 2.45) is 7.05 Å². The molecule has 2 heterocycles. The van der Waals surface area contributed by atoms with E-state index in [2.05, 4.69) is 5.32 Å². The lowest BCUT2D eigenvalue weighted by Gasteiger charge is -2.15. The van der Waals surface area contributed by atoms with E-state index in [9.17, 15) is 14.4 Å². The molecule has 0 radical (unpaired) electrons. The summed E-state index contributed by atoms with van der Waals surface area (Å²) in [5.74, 6) is -0.105. The summed E-state index contributed by atoms with van der Waals surface area (Å²) in [6, 6.07) is 21.2. The highest BCUT2D eigenvalue weighted by Crippen LogP contribution is 2.41. The van der Waals surface area contributed by atoms with E-state index in [0.717, 1.165) is 0 Å². The first kappa shape index (κ1) is 28.9. The first-order valence-corrected chi connectivity index (χ1v) is 13.3. The second-order valence-electron chi connectivity index (χ2n) is 9.55. The molecule has 11 nitrogen and oxygen atoms in total. The van der Waals surface area contributed by atoms with Crippen molar-refractivity contribution in [3.8, 4) is 34.2 Å². The third-order valence-corrected chi connectivity index (χ3v) is 7.05. The van der Waals surface area contributed by atoms with Crippen molar-refractivity contribution < 1.29 is 28.5 Å². The number of carbonyl (C=O) groups excluding carboxylic acids is 2. The van der Waals surface area contributed by atoms with Crippen LogP contribution in [0.1, 0.15) is 16.1 Å². The average Bonchev–Trinajstić information content (AvgIpc) is 3.25. The van der Waals surface area contributed by atoms with E-state index < -0.39 is 24.0 Å². The van der Waals surface area contributed by atoms with Gasteiger partial charge in [0.2, 0.25) is 5.75 Å². The first-order chi connectivity index (χ1) is 20.8. The maximum Gasteiger partial charge on any atom is 0.339 e. The van der Waals surface area contributed by atoms with Crippen LogP contribution in [0.25, 0.3) is 27.8 Å². The number of esters is 1. The normalized spacial score (nSPS) is 10.8. The number of fused-ring (bicyclic) bond motifs is 1. The Bertz CT molecular complexity index is 1870. The summed E-state index contributed by atoms with van der Waals surface area (Å²) >= 11 is 0. The van der Waals surface area contributed by atoms with Gasteiger partial charge in [0.1, 0.15) is 5.69 Å². The van der Waals surface area contributed by atoms with Gasteiger partial charge in [0.05, 0.1) is 49.5 Å². The summed E-state index contributed by atoms with van der Waals surface area (Å²) in [6.07, 6.45) is 0. The van der Waals surface area contributed by atoms with Crippen LogP contribution in [0.15, 0.2) is 77.6 Å². The quantitative estimate of drug-likeness (QED) is 0.252. The van der Waals surface area contributed by atoms with Crippen LogP contribution >= 0.6 is 0 Å². The van der Waals surface area contributed by atoms with Crippen LogP contribution in [0.2, 0.25) is 0 Å². The molecule has 0 unspecified atom stereocenters. The summed E-state index contributed by atoms with van der Waals surface area (Å²) in [7, 11) is 6.25. The van der Waals surface area contributed by atoms with E-state index in [4.69, 9.17) is 23.9 Å². The molecule has 0 aliphatic rings. The Morgan fingerprint density at radius 1 is 0.884 bits per heavy atom. The molecule has 0 saturated heterocycles. The molecular weight excluding hydrogens is 552 g/mol. The van der Waals surface area contributed by atoms with Crippen LogP contribution in [0.4, 0.5) is 5.69 Å².